The van der Waals surface area contributed by atoms with E-state index in [0.29, 0.717) is 0 Å². The van der Waals surface area contributed by atoms with Crippen LogP contribution in [0.1, 0.15) is 11.1 Å². The van der Waals surface area contributed by atoms with Crippen molar-refractivity contribution in [1.82, 2.24) is 0 Å². The van der Waals surface area contributed by atoms with Gasteiger partial charge in [0.15, 0.2) is 0 Å². The van der Waals surface area contributed by atoms with E-state index in [1.54, 1.807) is 0 Å². The highest BCUT2D eigenvalue weighted by Gasteiger charge is 2.09. The Balaban J connectivity index is 2.16. The van der Waals surface area contributed by atoms with Crippen LogP contribution in [0.25, 0.3) is 22.3 Å². The standard InChI is InChI=1S/C20H17Br/c1-14-6-3-4-7-18(14)20-9-5-8-19(15(20)2)16-10-12-17(21)13-11-16/h3-13H,1-2H3. The van der Waals surface area contributed by atoms with Gasteiger partial charge in [0.25, 0.3) is 0 Å². The Bertz CT molecular complexity index is 770. The van der Waals surface area contributed by atoms with Crippen molar-refractivity contribution >= 4 is 15.9 Å². The van der Waals surface area contributed by atoms with Gasteiger partial charge in [-0.3, -0.25) is 0 Å². The van der Waals surface area contributed by atoms with Crippen LogP contribution in [-0.2, 0) is 0 Å². The summed E-state index contributed by atoms with van der Waals surface area (Å²) in [6.07, 6.45) is 0. The highest BCUT2D eigenvalue weighted by molar-refractivity contribution is 9.10. The fourth-order valence-electron chi connectivity index (χ4n) is 2.74. The van der Waals surface area contributed by atoms with Crippen molar-refractivity contribution in [2.24, 2.45) is 0 Å². The minimum absolute atomic E-state index is 1.11. The maximum Gasteiger partial charge on any atom is 0.0175 e. The Kier molecular flexibility index (Phi) is 3.94. The summed E-state index contributed by atoms with van der Waals surface area (Å²) in [6.45, 7) is 4.38. The monoisotopic (exact) mass is 336 g/mol. The van der Waals surface area contributed by atoms with E-state index in [2.05, 4.69) is 96.5 Å². The highest BCUT2D eigenvalue weighted by Crippen LogP contribution is 2.33. The summed E-state index contributed by atoms with van der Waals surface area (Å²) in [5.41, 5.74) is 7.82. The van der Waals surface area contributed by atoms with Crippen LogP contribution in [0.5, 0.6) is 0 Å². The molecule has 0 atom stereocenters. The van der Waals surface area contributed by atoms with Crippen LogP contribution in [-0.4, -0.2) is 0 Å². The van der Waals surface area contributed by atoms with Crippen LogP contribution in [0.4, 0.5) is 0 Å². The lowest BCUT2D eigenvalue weighted by molar-refractivity contribution is 1.40. The summed E-state index contributed by atoms with van der Waals surface area (Å²) in [4.78, 5) is 0. The molecule has 0 aromatic heterocycles. The number of halogens is 1. The normalized spacial score (nSPS) is 10.6. The quantitative estimate of drug-likeness (QED) is 0.507. The fraction of sp³-hybridized carbons (Fsp3) is 0.100. The zero-order chi connectivity index (χ0) is 14.8. The molecule has 0 fully saturated rings. The summed E-state index contributed by atoms with van der Waals surface area (Å²) in [7, 11) is 0. The minimum atomic E-state index is 1.11. The lowest BCUT2D eigenvalue weighted by atomic mass is 9.91. The van der Waals surface area contributed by atoms with E-state index in [-0.39, 0.29) is 0 Å². The molecule has 0 aliphatic carbocycles. The van der Waals surface area contributed by atoms with Gasteiger partial charge in [0.2, 0.25) is 0 Å². The van der Waals surface area contributed by atoms with Crippen LogP contribution in [0.15, 0.2) is 71.2 Å². The first kappa shape index (κ1) is 14.1. The summed E-state index contributed by atoms with van der Waals surface area (Å²) >= 11 is 3.50. The van der Waals surface area contributed by atoms with Crippen molar-refractivity contribution in [2.45, 2.75) is 13.8 Å². The Morgan fingerprint density at radius 1 is 0.619 bits per heavy atom. The lowest BCUT2D eigenvalue weighted by Crippen LogP contribution is -1.90. The lowest BCUT2D eigenvalue weighted by Gasteiger charge is -2.14. The molecule has 0 amide bonds. The predicted octanol–water partition coefficient (Wildman–Crippen LogP) is 6.40. The largest absolute Gasteiger partial charge is 0.0620 e. The van der Waals surface area contributed by atoms with Gasteiger partial charge < -0.3 is 0 Å². The van der Waals surface area contributed by atoms with Gasteiger partial charge in [0.1, 0.15) is 0 Å². The van der Waals surface area contributed by atoms with Crippen molar-refractivity contribution < 1.29 is 0 Å². The first-order valence-corrected chi connectivity index (χ1v) is 7.87. The second kappa shape index (κ2) is 5.87. The first-order chi connectivity index (χ1) is 10.2. The van der Waals surface area contributed by atoms with Crippen LogP contribution in [0.3, 0.4) is 0 Å². The van der Waals surface area contributed by atoms with Gasteiger partial charge in [-0.2, -0.15) is 0 Å². The Morgan fingerprint density at radius 3 is 1.95 bits per heavy atom. The molecule has 0 heterocycles. The Hall–Kier alpha value is -1.86. The fourth-order valence-corrected chi connectivity index (χ4v) is 3.01. The summed E-state index contributed by atoms with van der Waals surface area (Å²) in [5.74, 6) is 0. The molecule has 0 N–H and O–H groups in total. The number of hydrogen-bond donors (Lipinski definition) is 0. The van der Waals surface area contributed by atoms with Crippen LogP contribution < -0.4 is 0 Å². The van der Waals surface area contributed by atoms with Crippen molar-refractivity contribution in [3.8, 4) is 22.3 Å². The van der Waals surface area contributed by atoms with Crippen LogP contribution in [0.2, 0.25) is 0 Å². The van der Waals surface area contributed by atoms with Crippen LogP contribution in [0, 0.1) is 13.8 Å². The van der Waals surface area contributed by atoms with Crippen LogP contribution >= 0.6 is 15.9 Å². The third-order valence-corrected chi connectivity index (χ3v) is 4.45. The average Bonchev–Trinajstić information content (AvgIpc) is 2.50. The van der Waals surface area contributed by atoms with Gasteiger partial charge in [-0.15, -0.1) is 0 Å². The summed E-state index contributed by atoms with van der Waals surface area (Å²) in [6, 6.07) is 23.6. The van der Waals surface area contributed by atoms with Crippen molar-refractivity contribution in [3.63, 3.8) is 0 Å². The topological polar surface area (TPSA) is 0 Å². The molecule has 0 saturated heterocycles. The van der Waals surface area contributed by atoms with Crippen molar-refractivity contribution in [2.75, 3.05) is 0 Å². The van der Waals surface area contributed by atoms with E-state index in [1.807, 2.05) is 0 Å². The molecular formula is C20H17Br. The molecule has 3 aromatic carbocycles. The molecule has 104 valence electrons. The number of benzene rings is 3. The molecule has 0 unspecified atom stereocenters. The predicted molar refractivity (Wildman–Crippen MR) is 94.5 cm³/mol. The molecule has 3 aromatic rings. The molecule has 0 aliphatic rings. The second-order valence-corrected chi connectivity index (χ2v) is 6.22. The number of rotatable bonds is 2. The molecular weight excluding hydrogens is 320 g/mol. The van der Waals surface area contributed by atoms with Gasteiger partial charge in [-0.25, -0.2) is 0 Å². The van der Waals surface area contributed by atoms with E-state index >= 15 is 0 Å². The smallest absolute Gasteiger partial charge is 0.0175 e. The maximum atomic E-state index is 3.50. The van der Waals surface area contributed by atoms with E-state index in [1.165, 1.54) is 33.4 Å². The molecule has 0 aliphatic heterocycles. The van der Waals surface area contributed by atoms with E-state index in [4.69, 9.17) is 0 Å². The van der Waals surface area contributed by atoms with Crippen molar-refractivity contribution in [3.05, 3.63) is 82.3 Å². The third kappa shape index (κ3) is 2.79. The molecule has 21 heavy (non-hydrogen) atoms. The average molecular weight is 337 g/mol. The molecule has 1 heteroatoms. The van der Waals surface area contributed by atoms with Gasteiger partial charge >= 0.3 is 0 Å². The molecule has 0 saturated carbocycles. The van der Waals surface area contributed by atoms with E-state index in [0.717, 1.165) is 4.47 Å². The van der Waals surface area contributed by atoms with Gasteiger partial charge in [0, 0.05) is 4.47 Å². The third-order valence-electron chi connectivity index (χ3n) is 3.92. The van der Waals surface area contributed by atoms with Gasteiger partial charge in [-0.1, -0.05) is 70.5 Å². The molecule has 0 nitrogen and oxygen atoms in total. The summed E-state index contributed by atoms with van der Waals surface area (Å²) in [5, 5.41) is 0. The van der Waals surface area contributed by atoms with Gasteiger partial charge in [0.05, 0.1) is 0 Å². The van der Waals surface area contributed by atoms with E-state index < -0.39 is 0 Å². The number of hydrogen-bond acceptors (Lipinski definition) is 0. The molecule has 0 bridgehead atoms. The molecule has 3 rings (SSSR count). The first-order valence-electron chi connectivity index (χ1n) is 7.08. The molecule has 0 spiro atoms. The van der Waals surface area contributed by atoms with Crippen molar-refractivity contribution in [1.29, 1.82) is 0 Å². The zero-order valence-corrected chi connectivity index (χ0v) is 13.8. The second-order valence-electron chi connectivity index (χ2n) is 5.30. The minimum Gasteiger partial charge on any atom is -0.0620 e. The van der Waals surface area contributed by atoms with E-state index in [9.17, 15) is 0 Å². The zero-order valence-electron chi connectivity index (χ0n) is 12.2. The molecule has 0 radical (unpaired) electrons. The Labute approximate surface area is 134 Å². The highest BCUT2D eigenvalue weighted by atomic mass is 79.9. The SMILES string of the molecule is Cc1ccccc1-c1cccc(-c2ccc(Br)cc2)c1C. The Morgan fingerprint density at radius 2 is 1.24 bits per heavy atom. The number of aryl methyl sites for hydroxylation is 1. The van der Waals surface area contributed by atoms with Gasteiger partial charge in [-0.05, 0) is 59.4 Å². The summed E-state index contributed by atoms with van der Waals surface area (Å²) < 4.78 is 1.11. The maximum absolute atomic E-state index is 3.50.